The quantitative estimate of drug-likeness (QED) is 0.570. The molecule has 2 N–H and O–H groups in total. The molecule has 1 heterocycles. The Labute approximate surface area is 181 Å². The fourth-order valence-electron chi connectivity index (χ4n) is 4.42. The van der Waals surface area contributed by atoms with Crippen molar-refractivity contribution < 1.29 is 23.8 Å². The summed E-state index contributed by atoms with van der Waals surface area (Å²) in [6.07, 6.45) is 0.556. The van der Waals surface area contributed by atoms with E-state index in [1.807, 2.05) is 49.4 Å². The Morgan fingerprint density at radius 3 is 2.39 bits per heavy atom. The van der Waals surface area contributed by atoms with Crippen LogP contribution in [0.5, 0.6) is 11.5 Å². The minimum atomic E-state index is -0.837. The van der Waals surface area contributed by atoms with Gasteiger partial charge in [-0.05, 0) is 42.2 Å². The zero-order chi connectivity index (χ0) is 22.1. The van der Waals surface area contributed by atoms with Gasteiger partial charge in [0.05, 0.1) is 38.7 Å². The number of para-hydroxylation sites is 2. The molecule has 4 rings (SSSR count). The minimum Gasteiger partial charge on any atom is -0.493 e. The van der Waals surface area contributed by atoms with Crippen LogP contribution in [0.2, 0.25) is 0 Å². The Morgan fingerprint density at radius 2 is 1.71 bits per heavy atom. The molecule has 0 saturated heterocycles. The molecule has 0 amide bonds. The molecule has 162 valence electrons. The van der Waals surface area contributed by atoms with Crippen LogP contribution in [-0.4, -0.2) is 33.1 Å². The number of fused-ring (bicyclic) bond motifs is 1. The maximum Gasteiger partial charge on any atom is 0.316 e. The van der Waals surface area contributed by atoms with Gasteiger partial charge in [-0.3, -0.25) is 9.59 Å². The lowest BCUT2D eigenvalue weighted by Gasteiger charge is -2.32. The van der Waals surface area contributed by atoms with Gasteiger partial charge in [0.2, 0.25) is 0 Å². The zero-order valence-corrected chi connectivity index (χ0v) is 18.0. The van der Waals surface area contributed by atoms with E-state index < -0.39 is 17.9 Å². The van der Waals surface area contributed by atoms with Gasteiger partial charge in [0, 0.05) is 11.3 Å². The SMILES string of the molecule is COC(=O)[C@@H]1C(=O)C2=C(C[C@@H]1C)Nc1ccccc1N[C@@H]2c1ccc(OC)c(OC)c1. The molecule has 0 fully saturated rings. The average Bonchev–Trinajstić information content (AvgIpc) is 2.94. The average molecular weight is 422 g/mol. The standard InChI is InChI=1S/C24H26N2O5/c1-13-11-17-21(23(27)20(13)24(28)31-4)22(26-16-8-6-5-7-15(16)25-17)14-9-10-18(29-2)19(12-14)30-3/h5-10,12-13,20,22,25-26H,11H2,1-4H3/t13-,20-,22+/m0/s1. The smallest absolute Gasteiger partial charge is 0.316 e. The van der Waals surface area contributed by atoms with Crippen LogP contribution in [-0.2, 0) is 14.3 Å². The number of nitrogens with one attached hydrogen (secondary N) is 2. The minimum absolute atomic E-state index is 0.178. The fraction of sp³-hybridized carbons (Fsp3) is 0.333. The summed E-state index contributed by atoms with van der Waals surface area (Å²) in [4.78, 5) is 26.1. The highest BCUT2D eigenvalue weighted by atomic mass is 16.5. The first-order chi connectivity index (χ1) is 15.0. The molecule has 0 unspecified atom stereocenters. The summed E-state index contributed by atoms with van der Waals surface area (Å²) in [7, 11) is 4.47. The number of allylic oxidation sites excluding steroid dienone is 1. The molecule has 2 aromatic rings. The molecule has 31 heavy (non-hydrogen) atoms. The van der Waals surface area contributed by atoms with Gasteiger partial charge in [-0.2, -0.15) is 0 Å². The van der Waals surface area contributed by atoms with Crippen molar-refractivity contribution in [1.29, 1.82) is 0 Å². The third-order valence-corrected chi connectivity index (χ3v) is 5.97. The van der Waals surface area contributed by atoms with Crippen molar-refractivity contribution in [2.75, 3.05) is 32.0 Å². The molecular formula is C24H26N2O5. The fourth-order valence-corrected chi connectivity index (χ4v) is 4.42. The molecule has 0 saturated carbocycles. The Morgan fingerprint density at radius 1 is 1.00 bits per heavy atom. The van der Waals surface area contributed by atoms with Crippen molar-refractivity contribution >= 4 is 23.1 Å². The van der Waals surface area contributed by atoms with Crippen LogP contribution in [0.15, 0.2) is 53.7 Å². The summed E-state index contributed by atoms with van der Waals surface area (Å²) in [5.41, 5.74) is 3.93. The van der Waals surface area contributed by atoms with E-state index in [1.54, 1.807) is 14.2 Å². The number of ketones is 1. The van der Waals surface area contributed by atoms with E-state index in [2.05, 4.69) is 10.6 Å². The number of carbonyl (C=O) groups excluding carboxylic acids is 2. The second-order valence-corrected chi connectivity index (χ2v) is 7.80. The van der Waals surface area contributed by atoms with Crippen LogP contribution >= 0.6 is 0 Å². The van der Waals surface area contributed by atoms with Gasteiger partial charge in [-0.15, -0.1) is 0 Å². The van der Waals surface area contributed by atoms with Crippen LogP contribution in [0, 0.1) is 11.8 Å². The van der Waals surface area contributed by atoms with E-state index >= 15 is 0 Å². The first-order valence-corrected chi connectivity index (χ1v) is 10.2. The molecule has 7 heteroatoms. The molecule has 1 aliphatic carbocycles. The summed E-state index contributed by atoms with van der Waals surface area (Å²) in [6.45, 7) is 1.90. The van der Waals surface area contributed by atoms with Crippen molar-refractivity contribution in [3.05, 3.63) is 59.3 Å². The lowest BCUT2D eigenvalue weighted by Crippen LogP contribution is -2.39. The van der Waals surface area contributed by atoms with Crippen LogP contribution in [0.25, 0.3) is 0 Å². The number of hydrogen-bond donors (Lipinski definition) is 2. The van der Waals surface area contributed by atoms with E-state index in [1.165, 1.54) is 7.11 Å². The summed E-state index contributed by atoms with van der Waals surface area (Å²) in [5, 5.41) is 6.94. The molecular weight excluding hydrogens is 396 g/mol. The van der Waals surface area contributed by atoms with Crippen LogP contribution in [0.3, 0.4) is 0 Å². The van der Waals surface area contributed by atoms with Gasteiger partial charge in [0.15, 0.2) is 17.3 Å². The maximum absolute atomic E-state index is 13.6. The summed E-state index contributed by atoms with van der Waals surface area (Å²) >= 11 is 0. The highest BCUT2D eigenvalue weighted by Crippen LogP contribution is 2.44. The number of benzene rings is 2. The highest BCUT2D eigenvalue weighted by molar-refractivity contribution is 6.11. The number of rotatable bonds is 4. The Kier molecular flexibility index (Phi) is 5.59. The number of esters is 1. The molecule has 2 aliphatic rings. The van der Waals surface area contributed by atoms with Gasteiger partial charge in [-0.1, -0.05) is 25.1 Å². The van der Waals surface area contributed by atoms with Gasteiger partial charge < -0.3 is 24.8 Å². The van der Waals surface area contributed by atoms with E-state index in [4.69, 9.17) is 14.2 Å². The van der Waals surface area contributed by atoms with E-state index in [9.17, 15) is 9.59 Å². The predicted molar refractivity (Wildman–Crippen MR) is 117 cm³/mol. The lowest BCUT2D eigenvalue weighted by molar-refractivity contribution is -0.151. The third kappa shape index (κ3) is 3.60. The Hall–Kier alpha value is -3.48. The van der Waals surface area contributed by atoms with Crippen molar-refractivity contribution in [3.63, 3.8) is 0 Å². The number of Topliss-reactive ketones (excluding diaryl/α,β-unsaturated/α-hetero) is 1. The van der Waals surface area contributed by atoms with Gasteiger partial charge >= 0.3 is 5.97 Å². The van der Waals surface area contributed by atoms with Gasteiger partial charge in [-0.25, -0.2) is 0 Å². The van der Waals surface area contributed by atoms with Gasteiger partial charge in [0.1, 0.15) is 5.92 Å². The molecule has 7 nitrogen and oxygen atoms in total. The maximum atomic E-state index is 13.6. The summed E-state index contributed by atoms with van der Waals surface area (Å²) in [5.74, 6) is -0.581. The van der Waals surface area contributed by atoms with Gasteiger partial charge in [0.25, 0.3) is 0 Å². The summed E-state index contributed by atoms with van der Waals surface area (Å²) in [6, 6.07) is 12.9. The second-order valence-electron chi connectivity index (χ2n) is 7.80. The Bertz CT molecular complexity index is 1060. The molecule has 1 aliphatic heterocycles. The second kappa shape index (κ2) is 8.34. The number of ether oxygens (including phenoxy) is 3. The molecule has 0 aromatic heterocycles. The predicted octanol–water partition coefficient (Wildman–Crippen LogP) is 3.93. The van der Waals surface area contributed by atoms with E-state index in [0.29, 0.717) is 23.5 Å². The number of anilines is 2. The highest BCUT2D eigenvalue weighted by Gasteiger charge is 2.44. The number of methoxy groups -OCH3 is 3. The zero-order valence-electron chi connectivity index (χ0n) is 18.0. The van der Waals surface area contributed by atoms with E-state index in [0.717, 1.165) is 22.6 Å². The molecule has 0 spiro atoms. The van der Waals surface area contributed by atoms with Crippen LogP contribution in [0.1, 0.15) is 24.9 Å². The number of hydrogen-bond acceptors (Lipinski definition) is 7. The third-order valence-electron chi connectivity index (χ3n) is 5.97. The molecule has 3 atom stereocenters. The number of carbonyl (C=O) groups is 2. The Balaban J connectivity index is 1.88. The van der Waals surface area contributed by atoms with Crippen molar-refractivity contribution in [2.24, 2.45) is 11.8 Å². The first kappa shape index (κ1) is 20.8. The largest absolute Gasteiger partial charge is 0.493 e. The monoisotopic (exact) mass is 422 g/mol. The lowest BCUT2D eigenvalue weighted by atomic mass is 9.75. The normalized spacial score (nSPS) is 22.3. The molecule has 2 aromatic carbocycles. The van der Waals surface area contributed by atoms with Crippen molar-refractivity contribution in [2.45, 2.75) is 19.4 Å². The topological polar surface area (TPSA) is 85.9 Å². The summed E-state index contributed by atoms with van der Waals surface area (Å²) < 4.78 is 15.8. The van der Waals surface area contributed by atoms with Crippen molar-refractivity contribution in [3.8, 4) is 11.5 Å². The van der Waals surface area contributed by atoms with Crippen molar-refractivity contribution in [1.82, 2.24) is 0 Å². The molecule has 0 radical (unpaired) electrons. The van der Waals surface area contributed by atoms with E-state index in [-0.39, 0.29) is 11.7 Å². The first-order valence-electron chi connectivity index (χ1n) is 10.2. The molecule has 0 bridgehead atoms. The van der Waals surface area contributed by atoms with Crippen LogP contribution in [0.4, 0.5) is 11.4 Å². The van der Waals surface area contributed by atoms with Crippen LogP contribution < -0.4 is 20.1 Å².